The first-order chi connectivity index (χ1) is 13.3. The number of amides is 1. The van der Waals surface area contributed by atoms with E-state index in [0.29, 0.717) is 11.3 Å². The van der Waals surface area contributed by atoms with Crippen LogP contribution in [0.3, 0.4) is 0 Å². The molecule has 2 aromatic heterocycles. The van der Waals surface area contributed by atoms with Gasteiger partial charge >= 0.3 is 0 Å². The fourth-order valence-electron chi connectivity index (χ4n) is 3.99. The molecule has 4 heterocycles. The predicted molar refractivity (Wildman–Crippen MR) is 102 cm³/mol. The first-order valence-corrected chi connectivity index (χ1v) is 9.25. The smallest absolute Gasteiger partial charge is 0.271 e. The van der Waals surface area contributed by atoms with Crippen molar-refractivity contribution in [2.75, 3.05) is 13.1 Å². The zero-order valence-electron chi connectivity index (χ0n) is 14.8. The summed E-state index contributed by atoms with van der Waals surface area (Å²) in [5.41, 5.74) is 2.72. The molecule has 5 heteroatoms. The number of nitrogens with zero attached hydrogens (tertiary/aromatic N) is 2. The Labute approximate surface area is 157 Å². The summed E-state index contributed by atoms with van der Waals surface area (Å²) in [7, 11) is 0. The highest BCUT2D eigenvalue weighted by molar-refractivity contribution is 5.97. The summed E-state index contributed by atoms with van der Waals surface area (Å²) >= 11 is 0. The molecule has 1 N–H and O–H groups in total. The van der Waals surface area contributed by atoms with E-state index in [9.17, 15) is 4.79 Å². The van der Waals surface area contributed by atoms with Crippen molar-refractivity contribution in [3.05, 3.63) is 65.7 Å². The molecule has 0 spiro atoms. The van der Waals surface area contributed by atoms with Crippen molar-refractivity contribution in [2.24, 2.45) is 5.92 Å². The second-order valence-corrected chi connectivity index (χ2v) is 7.21. The molecule has 0 saturated carbocycles. The molecule has 2 bridgehead atoms. The average Bonchev–Trinajstić information content (AvgIpc) is 3.42. The number of benzene rings is 1. The van der Waals surface area contributed by atoms with Gasteiger partial charge < -0.3 is 9.73 Å². The Hall–Kier alpha value is -3.10. The van der Waals surface area contributed by atoms with Crippen molar-refractivity contribution in [1.29, 1.82) is 0 Å². The highest BCUT2D eigenvalue weighted by Crippen LogP contribution is 2.31. The minimum Gasteiger partial charge on any atom is -0.461 e. The third kappa shape index (κ3) is 3.09. The van der Waals surface area contributed by atoms with E-state index in [2.05, 4.69) is 27.0 Å². The van der Waals surface area contributed by atoms with E-state index in [1.165, 1.54) is 6.42 Å². The summed E-state index contributed by atoms with van der Waals surface area (Å²) in [6.07, 6.45) is 5.63. The molecule has 1 aromatic carbocycles. The fourth-order valence-corrected chi connectivity index (χ4v) is 3.99. The molecule has 2 saturated heterocycles. The lowest BCUT2D eigenvalue weighted by molar-refractivity contribution is 0.0878. The molecule has 2 fully saturated rings. The Morgan fingerprint density at radius 2 is 2.15 bits per heavy atom. The number of aromatic nitrogens is 1. The van der Waals surface area contributed by atoms with Gasteiger partial charge in [-0.05, 0) is 37.0 Å². The van der Waals surface area contributed by atoms with Gasteiger partial charge in [-0.3, -0.25) is 9.69 Å². The van der Waals surface area contributed by atoms with Crippen LogP contribution in [0.1, 0.15) is 34.5 Å². The maximum absolute atomic E-state index is 12.7. The summed E-state index contributed by atoms with van der Waals surface area (Å²) in [5.74, 6) is 6.84. The summed E-state index contributed by atoms with van der Waals surface area (Å²) < 4.78 is 5.54. The number of carbonyl (C=O) groups is 1. The number of carbonyl (C=O) groups excluding carboxylic acids is 1. The minimum atomic E-state index is -0.141. The average molecular weight is 357 g/mol. The number of rotatable bonds is 2. The van der Waals surface area contributed by atoms with E-state index in [4.69, 9.17) is 4.42 Å². The molecule has 5 rings (SSSR count). The molecular weight excluding hydrogens is 338 g/mol. The Morgan fingerprint density at radius 3 is 2.93 bits per heavy atom. The molecule has 134 valence electrons. The second-order valence-electron chi connectivity index (χ2n) is 7.21. The summed E-state index contributed by atoms with van der Waals surface area (Å²) in [5, 5.41) is 3.93. The maximum atomic E-state index is 12.7. The molecule has 27 heavy (non-hydrogen) atoms. The molecule has 0 radical (unpaired) electrons. The summed E-state index contributed by atoms with van der Waals surface area (Å²) in [6, 6.07) is 11.6. The van der Waals surface area contributed by atoms with E-state index in [1.807, 2.05) is 30.3 Å². The predicted octanol–water partition coefficient (Wildman–Crippen LogP) is 3.01. The molecule has 2 aliphatic rings. The molecule has 5 nitrogen and oxygen atoms in total. The molecule has 2 aliphatic heterocycles. The topological polar surface area (TPSA) is 58.4 Å². The fraction of sp³-hybridized carbons (Fsp3) is 0.273. The van der Waals surface area contributed by atoms with Gasteiger partial charge in [0.2, 0.25) is 0 Å². The van der Waals surface area contributed by atoms with Crippen LogP contribution in [0.15, 0.2) is 53.3 Å². The van der Waals surface area contributed by atoms with Gasteiger partial charge in [0.25, 0.3) is 5.91 Å². The Bertz CT molecular complexity index is 1060. The van der Waals surface area contributed by atoms with Crippen LogP contribution in [0, 0.1) is 17.8 Å². The van der Waals surface area contributed by atoms with E-state index < -0.39 is 0 Å². The zero-order valence-corrected chi connectivity index (χ0v) is 14.8. The largest absolute Gasteiger partial charge is 0.461 e. The van der Waals surface area contributed by atoms with Gasteiger partial charge in [-0.2, -0.15) is 0 Å². The van der Waals surface area contributed by atoms with Crippen LogP contribution in [-0.4, -0.2) is 35.0 Å². The summed E-state index contributed by atoms with van der Waals surface area (Å²) in [4.78, 5) is 19.3. The van der Waals surface area contributed by atoms with Crippen LogP contribution >= 0.6 is 0 Å². The van der Waals surface area contributed by atoms with Crippen LogP contribution in [0.4, 0.5) is 0 Å². The Balaban J connectivity index is 1.40. The number of pyridine rings is 1. The molecular formula is C22H19N3O2. The van der Waals surface area contributed by atoms with Crippen LogP contribution in [0.5, 0.6) is 0 Å². The number of furan rings is 1. The highest BCUT2D eigenvalue weighted by atomic mass is 16.3. The van der Waals surface area contributed by atoms with Gasteiger partial charge in [0.15, 0.2) is 5.58 Å². The van der Waals surface area contributed by atoms with Crippen LogP contribution in [-0.2, 0) is 0 Å². The maximum Gasteiger partial charge on any atom is 0.271 e. The Kier molecular flexibility index (Phi) is 3.92. The van der Waals surface area contributed by atoms with Crippen molar-refractivity contribution in [1.82, 2.24) is 15.2 Å². The van der Waals surface area contributed by atoms with Crippen LogP contribution in [0.2, 0.25) is 0 Å². The second kappa shape index (κ2) is 6.57. The third-order valence-corrected chi connectivity index (χ3v) is 5.42. The van der Waals surface area contributed by atoms with Gasteiger partial charge in [0.1, 0.15) is 12.0 Å². The number of hydrogen-bond donors (Lipinski definition) is 1. The standard InChI is InChI=1S/C22H19N3O2/c26-22(24-21-10-16-8-9-25(21)13-16)19-11-18-17(14-27-20(18)12-23-19)7-6-15-4-2-1-3-5-15/h1-5,11-12,14,16,21H,8-10,13H2,(H,24,26). The van der Waals surface area contributed by atoms with Crippen molar-refractivity contribution < 1.29 is 9.21 Å². The van der Waals surface area contributed by atoms with Gasteiger partial charge in [0.05, 0.1) is 17.9 Å². The summed E-state index contributed by atoms with van der Waals surface area (Å²) in [6.45, 7) is 2.17. The van der Waals surface area contributed by atoms with Crippen LogP contribution < -0.4 is 5.32 Å². The van der Waals surface area contributed by atoms with Crippen molar-refractivity contribution in [3.8, 4) is 11.8 Å². The number of fused-ring (bicyclic) bond motifs is 3. The molecule has 0 aliphatic carbocycles. The Morgan fingerprint density at radius 1 is 1.26 bits per heavy atom. The van der Waals surface area contributed by atoms with Gasteiger partial charge in [-0.25, -0.2) is 4.98 Å². The van der Waals surface area contributed by atoms with E-state index in [1.54, 1.807) is 18.5 Å². The molecule has 3 atom stereocenters. The lowest BCUT2D eigenvalue weighted by atomic mass is 10.0. The van der Waals surface area contributed by atoms with E-state index in [0.717, 1.165) is 41.9 Å². The number of hydrogen-bond acceptors (Lipinski definition) is 4. The SMILES string of the molecule is O=C(NC1CC2CCN1C2)c1cc2c(C#Cc3ccccc3)coc2cn1. The molecule has 3 aromatic rings. The molecule has 1 amide bonds. The monoisotopic (exact) mass is 357 g/mol. The zero-order chi connectivity index (χ0) is 18.2. The quantitative estimate of drug-likeness (QED) is 0.717. The molecule has 3 unspecified atom stereocenters. The first-order valence-electron chi connectivity index (χ1n) is 9.25. The van der Waals surface area contributed by atoms with Crippen molar-refractivity contribution >= 4 is 16.9 Å². The lowest BCUT2D eigenvalue weighted by Gasteiger charge is -2.25. The van der Waals surface area contributed by atoms with E-state index >= 15 is 0 Å². The van der Waals surface area contributed by atoms with E-state index in [-0.39, 0.29) is 12.1 Å². The number of nitrogens with one attached hydrogen (secondary N) is 1. The normalized spacial score (nSPS) is 23.2. The first kappa shape index (κ1) is 16.1. The van der Waals surface area contributed by atoms with Gasteiger partial charge in [-0.1, -0.05) is 30.0 Å². The highest BCUT2D eigenvalue weighted by Gasteiger charge is 2.38. The van der Waals surface area contributed by atoms with Crippen molar-refractivity contribution in [3.63, 3.8) is 0 Å². The third-order valence-electron chi connectivity index (χ3n) is 5.42. The minimum absolute atomic E-state index is 0.135. The number of piperidine rings is 1. The van der Waals surface area contributed by atoms with Gasteiger partial charge in [0, 0.05) is 24.0 Å². The lowest BCUT2D eigenvalue weighted by Crippen LogP contribution is -2.45. The van der Waals surface area contributed by atoms with Gasteiger partial charge in [-0.15, -0.1) is 0 Å². The van der Waals surface area contributed by atoms with Crippen LogP contribution in [0.25, 0.3) is 11.0 Å². The van der Waals surface area contributed by atoms with Crippen molar-refractivity contribution in [2.45, 2.75) is 19.0 Å².